The quantitative estimate of drug-likeness (QED) is 0.396. The third-order valence-corrected chi connectivity index (χ3v) is 7.88. The van der Waals surface area contributed by atoms with Crippen LogP contribution in [0.25, 0.3) is 0 Å². The second-order valence-corrected chi connectivity index (χ2v) is 11.0. The predicted octanol–water partition coefficient (Wildman–Crippen LogP) is 4.92. The van der Waals surface area contributed by atoms with Crippen molar-refractivity contribution in [3.8, 4) is 0 Å². The van der Waals surface area contributed by atoms with Crippen molar-refractivity contribution in [2.75, 3.05) is 5.32 Å². The van der Waals surface area contributed by atoms with Crippen LogP contribution in [-0.4, -0.2) is 23.2 Å². The minimum atomic E-state index is -0.530. The normalized spacial score (nSPS) is 30.2. The number of rotatable bonds is 4. The Kier molecular flexibility index (Phi) is 6.08. The third-order valence-electron chi connectivity index (χ3n) is 7.88. The Morgan fingerprint density at radius 3 is 2.69 bits per heavy atom. The number of amides is 1. The summed E-state index contributed by atoms with van der Waals surface area (Å²) in [6.07, 6.45) is 7.01. The van der Waals surface area contributed by atoms with Crippen molar-refractivity contribution in [2.24, 2.45) is 28.2 Å². The Morgan fingerprint density at radius 1 is 1.19 bits per heavy atom. The molecule has 1 amide bonds. The van der Waals surface area contributed by atoms with Gasteiger partial charge in [0.05, 0.1) is 6.42 Å². The smallest absolute Gasteiger partial charge is 0.306 e. The molecule has 3 unspecified atom stereocenters. The van der Waals surface area contributed by atoms with Gasteiger partial charge in [-0.3, -0.25) is 9.59 Å². The number of ether oxygens (including phenoxy) is 1. The standard InChI is InChI=1S/C26H37N3O3/c1-25(2,3)32-24(31)12-11-23(30)28-17-6-8-18-16(15-17)5-7-20-19(18)13-14-26(4)21(20)9-10-22(26)29-27/h6,8,15,19-21H,5,7,9-14,27H2,1-4H3,(H,28,30)/b29-22+/t19?,20?,21?,26-/m0/s1. The number of hydrazone groups is 1. The van der Waals surface area contributed by atoms with Crippen LogP contribution in [0.3, 0.4) is 0 Å². The number of aryl methyl sites for hydroxylation is 1. The molecule has 6 heteroatoms. The first-order chi connectivity index (χ1) is 15.1. The summed E-state index contributed by atoms with van der Waals surface area (Å²) in [5, 5.41) is 7.12. The molecule has 0 aliphatic heterocycles. The molecule has 4 rings (SSSR count). The van der Waals surface area contributed by atoms with E-state index in [1.54, 1.807) is 0 Å². The van der Waals surface area contributed by atoms with E-state index in [0.717, 1.165) is 24.9 Å². The van der Waals surface area contributed by atoms with Gasteiger partial charge >= 0.3 is 5.97 Å². The molecular formula is C26H37N3O3. The molecule has 32 heavy (non-hydrogen) atoms. The van der Waals surface area contributed by atoms with Gasteiger partial charge in [-0.2, -0.15) is 5.10 Å². The molecule has 6 nitrogen and oxygen atoms in total. The van der Waals surface area contributed by atoms with E-state index in [9.17, 15) is 9.59 Å². The number of nitrogens with zero attached hydrogens (tertiary/aromatic N) is 1. The van der Waals surface area contributed by atoms with Gasteiger partial charge in [0.25, 0.3) is 0 Å². The molecule has 3 aliphatic carbocycles. The molecule has 0 bridgehead atoms. The van der Waals surface area contributed by atoms with Crippen LogP contribution in [0.1, 0.15) is 89.7 Å². The second-order valence-electron chi connectivity index (χ2n) is 11.0. The zero-order valence-corrected chi connectivity index (χ0v) is 19.9. The summed E-state index contributed by atoms with van der Waals surface area (Å²) >= 11 is 0. The van der Waals surface area contributed by atoms with Crippen LogP contribution < -0.4 is 11.2 Å². The Labute approximate surface area is 191 Å². The summed E-state index contributed by atoms with van der Waals surface area (Å²) in [6, 6.07) is 6.36. The number of anilines is 1. The van der Waals surface area contributed by atoms with E-state index in [1.807, 2.05) is 26.8 Å². The number of hydrogen-bond donors (Lipinski definition) is 2. The molecule has 0 spiro atoms. The molecule has 3 aliphatic rings. The topological polar surface area (TPSA) is 93.8 Å². The summed E-state index contributed by atoms with van der Waals surface area (Å²) in [5.74, 6) is 7.17. The fourth-order valence-electron chi connectivity index (χ4n) is 6.49. The van der Waals surface area contributed by atoms with E-state index >= 15 is 0 Å². The van der Waals surface area contributed by atoms with E-state index in [-0.39, 0.29) is 30.1 Å². The van der Waals surface area contributed by atoms with Crippen LogP contribution in [0.5, 0.6) is 0 Å². The third kappa shape index (κ3) is 4.41. The number of carbonyl (C=O) groups is 2. The average molecular weight is 440 g/mol. The van der Waals surface area contributed by atoms with Crippen LogP contribution in [0.2, 0.25) is 0 Å². The van der Waals surface area contributed by atoms with Crippen LogP contribution >= 0.6 is 0 Å². The predicted molar refractivity (Wildman–Crippen MR) is 126 cm³/mol. The zero-order valence-electron chi connectivity index (χ0n) is 19.9. The Hall–Kier alpha value is -2.37. The van der Waals surface area contributed by atoms with Crippen molar-refractivity contribution in [3.63, 3.8) is 0 Å². The molecule has 1 aromatic rings. The van der Waals surface area contributed by atoms with Crippen LogP contribution in [0.15, 0.2) is 23.3 Å². The number of benzene rings is 1. The molecule has 174 valence electrons. The highest BCUT2D eigenvalue weighted by molar-refractivity contribution is 5.93. The van der Waals surface area contributed by atoms with Gasteiger partial charge in [0, 0.05) is 23.2 Å². The fourth-order valence-corrected chi connectivity index (χ4v) is 6.49. The summed E-state index contributed by atoms with van der Waals surface area (Å²) < 4.78 is 5.28. The van der Waals surface area contributed by atoms with Gasteiger partial charge in [0.1, 0.15) is 5.60 Å². The first-order valence-electron chi connectivity index (χ1n) is 12.0. The lowest BCUT2D eigenvalue weighted by Gasteiger charge is -2.49. The summed E-state index contributed by atoms with van der Waals surface area (Å²) in [5.41, 5.74) is 4.48. The molecule has 0 saturated heterocycles. The highest BCUT2D eigenvalue weighted by Crippen LogP contribution is 2.59. The first-order valence-corrected chi connectivity index (χ1v) is 12.0. The van der Waals surface area contributed by atoms with E-state index in [0.29, 0.717) is 17.8 Å². The fraction of sp³-hybridized carbons (Fsp3) is 0.654. The Bertz CT molecular complexity index is 933. The number of fused-ring (bicyclic) bond motifs is 5. The maximum absolute atomic E-state index is 12.4. The minimum Gasteiger partial charge on any atom is -0.460 e. The molecule has 3 N–H and O–H groups in total. The highest BCUT2D eigenvalue weighted by Gasteiger charge is 2.53. The van der Waals surface area contributed by atoms with E-state index in [4.69, 9.17) is 10.6 Å². The lowest BCUT2D eigenvalue weighted by atomic mass is 9.55. The second kappa shape index (κ2) is 8.53. The average Bonchev–Trinajstić information content (AvgIpc) is 3.07. The maximum atomic E-state index is 12.4. The molecule has 0 radical (unpaired) electrons. The molecule has 4 atom stereocenters. The largest absolute Gasteiger partial charge is 0.460 e. The highest BCUT2D eigenvalue weighted by atomic mass is 16.6. The molecule has 1 aromatic carbocycles. The van der Waals surface area contributed by atoms with Gasteiger partial charge in [-0.15, -0.1) is 0 Å². The van der Waals surface area contributed by atoms with Crippen LogP contribution in [0, 0.1) is 17.3 Å². The van der Waals surface area contributed by atoms with Gasteiger partial charge in [0.15, 0.2) is 0 Å². The maximum Gasteiger partial charge on any atom is 0.306 e. The Morgan fingerprint density at radius 2 is 1.97 bits per heavy atom. The van der Waals surface area contributed by atoms with Crippen molar-refractivity contribution in [3.05, 3.63) is 29.3 Å². The number of nitrogens with two attached hydrogens (primary N) is 1. The molecular weight excluding hydrogens is 402 g/mol. The van der Waals surface area contributed by atoms with E-state index in [2.05, 4.69) is 29.5 Å². The van der Waals surface area contributed by atoms with Gasteiger partial charge in [-0.1, -0.05) is 13.0 Å². The first kappa shape index (κ1) is 22.8. The molecule has 0 aromatic heterocycles. The van der Waals surface area contributed by atoms with Gasteiger partial charge < -0.3 is 15.9 Å². The molecule has 2 fully saturated rings. The summed E-state index contributed by atoms with van der Waals surface area (Å²) in [6.45, 7) is 7.85. The molecule has 2 saturated carbocycles. The zero-order chi connectivity index (χ0) is 23.1. The SMILES string of the molecule is CC(C)(C)OC(=O)CCC(=O)Nc1ccc2c(c1)CCC1C2CC[C@]2(C)/C(=N/N)CCC12. The van der Waals surface area contributed by atoms with Crippen molar-refractivity contribution < 1.29 is 14.3 Å². The van der Waals surface area contributed by atoms with E-state index in [1.165, 1.54) is 36.1 Å². The number of carbonyl (C=O) groups excluding carboxylic acids is 2. The van der Waals surface area contributed by atoms with E-state index < -0.39 is 5.60 Å². The Balaban J connectivity index is 1.40. The number of nitrogens with one attached hydrogen (secondary N) is 1. The van der Waals surface area contributed by atoms with Gasteiger partial charge in [0.2, 0.25) is 5.91 Å². The van der Waals surface area contributed by atoms with Crippen molar-refractivity contribution >= 4 is 23.3 Å². The minimum absolute atomic E-state index is 0.0893. The van der Waals surface area contributed by atoms with Gasteiger partial charge in [-0.25, -0.2) is 0 Å². The van der Waals surface area contributed by atoms with Gasteiger partial charge in [-0.05, 0) is 100 Å². The van der Waals surface area contributed by atoms with Crippen molar-refractivity contribution in [2.45, 2.75) is 90.6 Å². The number of esters is 1. The van der Waals surface area contributed by atoms with Crippen molar-refractivity contribution in [1.29, 1.82) is 0 Å². The molecule has 0 heterocycles. The summed E-state index contributed by atoms with van der Waals surface area (Å²) in [7, 11) is 0. The number of hydrogen-bond acceptors (Lipinski definition) is 5. The lowest BCUT2D eigenvalue weighted by Crippen LogP contribution is -2.42. The van der Waals surface area contributed by atoms with Crippen LogP contribution in [0.4, 0.5) is 5.69 Å². The van der Waals surface area contributed by atoms with Crippen molar-refractivity contribution in [1.82, 2.24) is 0 Å². The summed E-state index contributed by atoms with van der Waals surface area (Å²) in [4.78, 5) is 24.2. The monoisotopic (exact) mass is 439 g/mol. The van der Waals surface area contributed by atoms with Crippen LogP contribution in [-0.2, 0) is 20.7 Å². The lowest BCUT2D eigenvalue weighted by molar-refractivity contribution is -0.155.